The Hall–Kier alpha value is -2.39. The Kier molecular flexibility index (Phi) is 7.38. The molecular formula is C22H32F3N5O. The van der Waals surface area contributed by atoms with E-state index >= 15 is 0 Å². The van der Waals surface area contributed by atoms with Crippen LogP contribution in [-0.2, 0) is 6.18 Å². The maximum Gasteiger partial charge on any atom is 0.416 e. The first-order valence-electron chi connectivity index (χ1n) is 10.7. The van der Waals surface area contributed by atoms with Gasteiger partial charge in [-0.15, -0.1) is 0 Å². The van der Waals surface area contributed by atoms with Crippen LogP contribution >= 0.6 is 0 Å². The minimum absolute atomic E-state index is 0.141. The van der Waals surface area contributed by atoms with Gasteiger partial charge in [-0.3, -0.25) is 4.90 Å². The molecule has 0 saturated carbocycles. The lowest BCUT2D eigenvalue weighted by molar-refractivity contribution is -0.137. The molecule has 1 aromatic carbocycles. The third-order valence-electron chi connectivity index (χ3n) is 5.93. The Morgan fingerprint density at radius 1 is 1.29 bits per heavy atom. The second kappa shape index (κ2) is 9.82. The highest BCUT2D eigenvalue weighted by molar-refractivity contribution is 5.72. The Bertz CT molecular complexity index is 831. The van der Waals surface area contributed by atoms with Crippen LogP contribution in [-0.4, -0.2) is 48.3 Å². The predicted molar refractivity (Wildman–Crippen MR) is 116 cm³/mol. The van der Waals surface area contributed by atoms with Crippen LogP contribution in [0.5, 0.6) is 5.75 Å². The van der Waals surface area contributed by atoms with E-state index < -0.39 is 17.5 Å². The van der Waals surface area contributed by atoms with E-state index in [1.165, 1.54) is 18.9 Å². The van der Waals surface area contributed by atoms with E-state index in [1.54, 1.807) is 13.0 Å². The summed E-state index contributed by atoms with van der Waals surface area (Å²) in [6, 6.07) is 3.53. The van der Waals surface area contributed by atoms with Crippen LogP contribution in [0.4, 0.5) is 13.2 Å². The largest absolute Gasteiger partial charge is 0.507 e. The highest BCUT2D eigenvalue weighted by atomic mass is 19.4. The summed E-state index contributed by atoms with van der Waals surface area (Å²) in [6.07, 6.45) is 1.69. The Morgan fingerprint density at radius 3 is 2.71 bits per heavy atom. The molecule has 9 heteroatoms. The summed E-state index contributed by atoms with van der Waals surface area (Å²) in [6.45, 7) is 5.84. The number of aromatic hydroxyl groups is 1. The number of hydrogen-bond acceptors (Lipinski definition) is 6. The van der Waals surface area contributed by atoms with Crippen LogP contribution < -0.4 is 22.1 Å². The van der Waals surface area contributed by atoms with Gasteiger partial charge in [-0.1, -0.05) is 0 Å². The molecular weight excluding hydrogens is 407 g/mol. The average Bonchev–Trinajstić information content (AvgIpc) is 3.19. The molecule has 0 spiro atoms. The molecule has 2 saturated heterocycles. The average molecular weight is 440 g/mol. The van der Waals surface area contributed by atoms with Gasteiger partial charge >= 0.3 is 6.18 Å². The number of hydrogen-bond donors (Lipinski definition) is 5. The molecule has 31 heavy (non-hydrogen) atoms. The van der Waals surface area contributed by atoms with Gasteiger partial charge in [0.25, 0.3) is 0 Å². The summed E-state index contributed by atoms with van der Waals surface area (Å²) in [4.78, 5) is 2.45. The summed E-state index contributed by atoms with van der Waals surface area (Å²) >= 11 is 0. The summed E-state index contributed by atoms with van der Waals surface area (Å²) < 4.78 is 38.4. The van der Waals surface area contributed by atoms with Crippen LogP contribution in [0.15, 0.2) is 35.7 Å². The molecule has 3 rings (SSSR count). The quantitative estimate of drug-likeness (QED) is 0.437. The van der Waals surface area contributed by atoms with Gasteiger partial charge in [0.15, 0.2) is 0 Å². The zero-order valence-corrected chi connectivity index (χ0v) is 17.8. The van der Waals surface area contributed by atoms with Crippen molar-refractivity contribution in [2.45, 2.75) is 50.9 Å². The normalized spacial score (nSPS) is 24.2. The lowest BCUT2D eigenvalue weighted by Gasteiger charge is -2.35. The zero-order chi connectivity index (χ0) is 22.6. The van der Waals surface area contributed by atoms with Crippen LogP contribution in [0.1, 0.15) is 43.7 Å². The number of benzene rings is 1. The number of phenols is 1. The first-order chi connectivity index (χ1) is 14.6. The third-order valence-corrected chi connectivity index (χ3v) is 5.93. The van der Waals surface area contributed by atoms with Crippen molar-refractivity contribution in [3.8, 4) is 5.75 Å². The maximum atomic E-state index is 12.8. The number of piperidine rings is 1. The van der Waals surface area contributed by atoms with Crippen molar-refractivity contribution in [3.05, 3.63) is 46.8 Å². The van der Waals surface area contributed by atoms with Gasteiger partial charge in [0.1, 0.15) is 5.75 Å². The van der Waals surface area contributed by atoms with Crippen molar-refractivity contribution in [3.63, 3.8) is 0 Å². The van der Waals surface area contributed by atoms with Crippen molar-refractivity contribution in [2.75, 3.05) is 26.2 Å². The Morgan fingerprint density at radius 2 is 2.06 bits per heavy atom. The van der Waals surface area contributed by atoms with Crippen molar-refractivity contribution in [2.24, 2.45) is 11.5 Å². The molecule has 2 fully saturated rings. The van der Waals surface area contributed by atoms with E-state index in [1.807, 2.05) is 0 Å². The van der Waals surface area contributed by atoms with E-state index in [9.17, 15) is 18.3 Å². The number of allylic oxidation sites excluding steroid dienone is 2. The van der Waals surface area contributed by atoms with Crippen LogP contribution in [0, 0.1) is 0 Å². The molecule has 6 nitrogen and oxygen atoms in total. The minimum atomic E-state index is -4.53. The zero-order valence-electron chi connectivity index (χ0n) is 17.8. The van der Waals surface area contributed by atoms with E-state index in [2.05, 4.69) is 15.5 Å². The molecule has 172 valence electrons. The van der Waals surface area contributed by atoms with Gasteiger partial charge < -0.3 is 27.2 Å². The fourth-order valence-corrected chi connectivity index (χ4v) is 4.30. The minimum Gasteiger partial charge on any atom is -0.507 e. The van der Waals surface area contributed by atoms with E-state index in [0.717, 1.165) is 45.1 Å². The summed E-state index contributed by atoms with van der Waals surface area (Å²) in [5.74, 6) is -0.0762. The highest BCUT2D eigenvalue weighted by Gasteiger charge is 2.31. The van der Waals surface area contributed by atoms with Gasteiger partial charge in [0.2, 0.25) is 0 Å². The molecule has 7 N–H and O–H groups in total. The fraction of sp³-hybridized carbons (Fsp3) is 0.545. The SMILES string of the molecule is CC(/C=C(\N)NC1CCCN(CC2CCCN2)C1)=C(/N)c1ccc(C(F)(F)F)cc1O. The summed E-state index contributed by atoms with van der Waals surface area (Å²) in [7, 11) is 0. The highest BCUT2D eigenvalue weighted by Crippen LogP contribution is 2.34. The number of phenolic OH excluding ortho intramolecular Hbond substituents is 1. The molecule has 2 aliphatic heterocycles. The van der Waals surface area contributed by atoms with E-state index in [0.29, 0.717) is 23.5 Å². The molecule has 2 aliphatic rings. The summed E-state index contributed by atoms with van der Waals surface area (Å²) in [5, 5.41) is 16.9. The Labute approximate surface area is 181 Å². The van der Waals surface area contributed by atoms with Crippen molar-refractivity contribution in [1.82, 2.24) is 15.5 Å². The topological polar surface area (TPSA) is 99.6 Å². The lowest BCUT2D eigenvalue weighted by atomic mass is 10.0. The molecule has 0 aromatic heterocycles. The van der Waals surface area contributed by atoms with Crippen molar-refractivity contribution < 1.29 is 18.3 Å². The Balaban J connectivity index is 1.64. The number of nitrogens with one attached hydrogen (secondary N) is 2. The molecule has 0 radical (unpaired) electrons. The number of rotatable bonds is 6. The van der Waals surface area contributed by atoms with Crippen LogP contribution in [0.25, 0.3) is 5.70 Å². The van der Waals surface area contributed by atoms with E-state index in [4.69, 9.17) is 11.5 Å². The molecule has 1 aromatic rings. The standard InChI is InChI=1S/C22H32F3N5O/c1-14(21(27)18-7-6-15(11-19(18)31)22(23,24)25)10-20(26)29-17-5-3-9-30(13-17)12-16-4-2-8-28-16/h6-7,10-11,16-17,28-29,31H,2-5,8-9,12-13,26-27H2,1H3/b20-10+,21-14-. The number of likely N-dealkylation sites (tertiary alicyclic amines) is 1. The van der Waals surface area contributed by atoms with Crippen LogP contribution in [0.2, 0.25) is 0 Å². The van der Waals surface area contributed by atoms with Crippen LogP contribution in [0.3, 0.4) is 0 Å². The predicted octanol–water partition coefficient (Wildman–Crippen LogP) is 2.71. The first-order valence-corrected chi connectivity index (χ1v) is 10.7. The number of alkyl halides is 3. The first kappa shape index (κ1) is 23.3. The third kappa shape index (κ3) is 6.30. The number of halogens is 3. The van der Waals surface area contributed by atoms with Gasteiger partial charge in [0.05, 0.1) is 11.4 Å². The second-order valence-electron chi connectivity index (χ2n) is 8.46. The lowest BCUT2D eigenvalue weighted by Crippen LogP contribution is -2.49. The van der Waals surface area contributed by atoms with Gasteiger partial charge in [-0.05, 0) is 75.5 Å². The molecule has 2 atom stereocenters. The van der Waals surface area contributed by atoms with Crippen molar-refractivity contribution in [1.29, 1.82) is 0 Å². The fourth-order valence-electron chi connectivity index (χ4n) is 4.30. The number of nitrogens with two attached hydrogens (primary N) is 2. The molecule has 2 heterocycles. The van der Waals surface area contributed by atoms with Crippen molar-refractivity contribution >= 4 is 5.70 Å². The second-order valence-corrected chi connectivity index (χ2v) is 8.46. The van der Waals surface area contributed by atoms with Gasteiger partial charge in [0, 0.05) is 36.4 Å². The monoisotopic (exact) mass is 439 g/mol. The van der Waals surface area contributed by atoms with Gasteiger partial charge in [-0.25, -0.2) is 0 Å². The van der Waals surface area contributed by atoms with Gasteiger partial charge in [-0.2, -0.15) is 13.2 Å². The van der Waals surface area contributed by atoms with E-state index in [-0.39, 0.29) is 17.3 Å². The number of nitrogens with zero attached hydrogens (tertiary/aromatic N) is 1. The molecule has 0 amide bonds. The smallest absolute Gasteiger partial charge is 0.416 e. The molecule has 0 aliphatic carbocycles. The summed E-state index contributed by atoms with van der Waals surface area (Å²) in [5.41, 5.74) is 12.2. The molecule has 2 unspecified atom stereocenters. The molecule has 0 bridgehead atoms. The maximum absolute atomic E-state index is 12.8.